The number of nitrogens with zero attached hydrogens (tertiary/aromatic N) is 2. The Labute approximate surface area is 143 Å². The van der Waals surface area contributed by atoms with Crippen molar-refractivity contribution in [3.05, 3.63) is 71.8 Å². The molecule has 0 saturated carbocycles. The summed E-state index contributed by atoms with van der Waals surface area (Å²) >= 11 is 0. The number of benzene rings is 2. The van der Waals surface area contributed by atoms with Crippen LogP contribution in [-0.4, -0.2) is 50.2 Å². The van der Waals surface area contributed by atoms with Gasteiger partial charge in [0.15, 0.2) is 11.4 Å². The van der Waals surface area contributed by atoms with Gasteiger partial charge in [0.2, 0.25) is 0 Å². The van der Waals surface area contributed by atoms with Crippen LogP contribution in [0.4, 0.5) is 0 Å². The first-order valence-electron chi connectivity index (χ1n) is 8.53. The Balaban J connectivity index is 1.99. The smallest absolute Gasteiger partial charge is 0.195 e. The third kappa shape index (κ3) is 2.01. The zero-order chi connectivity index (χ0) is 16.6. The molecule has 2 fully saturated rings. The minimum atomic E-state index is -0.666. The number of rotatable bonds is 3. The van der Waals surface area contributed by atoms with Crippen molar-refractivity contribution in [2.75, 3.05) is 40.4 Å². The lowest BCUT2D eigenvalue weighted by Gasteiger charge is -2.51. The molecule has 2 aromatic carbocycles. The second kappa shape index (κ2) is 5.97. The van der Waals surface area contributed by atoms with Gasteiger partial charge in [-0.15, -0.1) is 0 Å². The number of hydrogen-bond donors (Lipinski definition) is 0. The maximum Gasteiger partial charge on any atom is 0.195 e. The lowest BCUT2D eigenvalue weighted by atomic mass is 9.84. The topological polar surface area (TPSA) is 24.9 Å². The summed E-state index contributed by atoms with van der Waals surface area (Å²) in [6, 6.07) is 20.9. The van der Waals surface area contributed by atoms with Crippen molar-refractivity contribution < 1.29 is 9.47 Å². The second-order valence-electron chi connectivity index (χ2n) is 6.56. The summed E-state index contributed by atoms with van der Waals surface area (Å²) in [6.07, 6.45) is 0. The lowest BCUT2D eigenvalue weighted by Crippen LogP contribution is -2.62. The normalized spacial score (nSPS) is 31.6. The molecule has 0 aromatic heterocycles. The summed E-state index contributed by atoms with van der Waals surface area (Å²) in [5, 5.41) is 0. The molecule has 4 rings (SSSR count). The van der Waals surface area contributed by atoms with Gasteiger partial charge < -0.3 is 9.47 Å². The molecule has 0 radical (unpaired) electrons. The average molecular weight is 324 g/mol. The van der Waals surface area contributed by atoms with Gasteiger partial charge >= 0.3 is 0 Å². The zero-order valence-corrected chi connectivity index (χ0v) is 14.3. The van der Waals surface area contributed by atoms with Gasteiger partial charge in [0.1, 0.15) is 0 Å². The molecule has 4 heteroatoms. The van der Waals surface area contributed by atoms with Crippen molar-refractivity contribution in [1.29, 1.82) is 0 Å². The van der Waals surface area contributed by atoms with Crippen LogP contribution >= 0.6 is 0 Å². The van der Waals surface area contributed by atoms with E-state index >= 15 is 0 Å². The van der Waals surface area contributed by atoms with Crippen LogP contribution < -0.4 is 0 Å². The second-order valence-corrected chi connectivity index (χ2v) is 6.56. The summed E-state index contributed by atoms with van der Waals surface area (Å²) in [7, 11) is 4.25. The molecule has 2 heterocycles. The Morgan fingerprint density at radius 1 is 0.667 bits per heavy atom. The van der Waals surface area contributed by atoms with Crippen molar-refractivity contribution in [2.24, 2.45) is 0 Å². The zero-order valence-electron chi connectivity index (χ0n) is 14.3. The van der Waals surface area contributed by atoms with Crippen LogP contribution in [0, 0.1) is 0 Å². The Hall–Kier alpha value is -1.72. The van der Waals surface area contributed by atoms with Crippen LogP contribution in [0.5, 0.6) is 0 Å². The van der Waals surface area contributed by atoms with Crippen LogP contribution in [-0.2, 0) is 20.9 Å². The summed E-state index contributed by atoms with van der Waals surface area (Å²) in [4.78, 5) is 4.58. The summed E-state index contributed by atoms with van der Waals surface area (Å²) < 4.78 is 13.0. The van der Waals surface area contributed by atoms with Gasteiger partial charge in [-0.05, 0) is 14.1 Å². The Kier molecular flexibility index (Phi) is 3.93. The third-order valence-electron chi connectivity index (χ3n) is 5.34. The van der Waals surface area contributed by atoms with E-state index in [1.54, 1.807) is 0 Å². The van der Waals surface area contributed by atoms with E-state index in [0.717, 1.165) is 24.2 Å². The van der Waals surface area contributed by atoms with Crippen LogP contribution in [0.15, 0.2) is 60.7 Å². The molecule has 0 N–H and O–H groups in total. The maximum absolute atomic E-state index is 6.51. The number of likely N-dealkylation sites (N-methyl/N-ethyl adjacent to an activating group) is 2. The molecular formula is C20H24N2O2. The van der Waals surface area contributed by atoms with Gasteiger partial charge in [-0.2, -0.15) is 0 Å². The first kappa shape index (κ1) is 15.8. The van der Waals surface area contributed by atoms with E-state index in [1.165, 1.54) is 0 Å². The Morgan fingerprint density at radius 2 is 1.04 bits per heavy atom. The molecule has 126 valence electrons. The van der Waals surface area contributed by atoms with E-state index < -0.39 is 11.4 Å². The first-order chi connectivity index (χ1) is 11.7. The minimum Gasteiger partial charge on any atom is -0.350 e. The highest BCUT2D eigenvalue weighted by Gasteiger charge is 2.64. The van der Waals surface area contributed by atoms with Gasteiger partial charge in [-0.3, -0.25) is 9.80 Å². The fraction of sp³-hybridized carbons (Fsp3) is 0.400. The van der Waals surface area contributed by atoms with Crippen molar-refractivity contribution in [3.63, 3.8) is 0 Å². The summed E-state index contributed by atoms with van der Waals surface area (Å²) in [6.45, 7) is 3.13. The molecule has 0 unspecified atom stereocenters. The molecule has 2 aliphatic rings. The Morgan fingerprint density at radius 3 is 1.33 bits per heavy atom. The first-order valence-corrected chi connectivity index (χ1v) is 8.53. The monoisotopic (exact) mass is 324 g/mol. The van der Waals surface area contributed by atoms with Gasteiger partial charge in [0.05, 0.1) is 13.2 Å². The van der Waals surface area contributed by atoms with E-state index in [0.29, 0.717) is 13.2 Å². The molecule has 0 amide bonds. The van der Waals surface area contributed by atoms with Crippen LogP contribution in [0.2, 0.25) is 0 Å². The molecule has 0 spiro atoms. The predicted octanol–water partition coefficient (Wildman–Crippen LogP) is 2.62. The van der Waals surface area contributed by atoms with Crippen molar-refractivity contribution in [1.82, 2.24) is 9.80 Å². The average Bonchev–Trinajstić information content (AvgIpc) is 3.21. The quantitative estimate of drug-likeness (QED) is 0.866. The third-order valence-corrected chi connectivity index (χ3v) is 5.34. The lowest BCUT2D eigenvalue weighted by molar-refractivity contribution is -0.275. The molecule has 0 bridgehead atoms. The largest absolute Gasteiger partial charge is 0.350 e. The van der Waals surface area contributed by atoms with Crippen molar-refractivity contribution >= 4 is 0 Å². The fourth-order valence-corrected chi connectivity index (χ4v) is 4.24. The van der Waals surface area contributed by atoms with Crippen molar-refractivity contribution in [3.8, 4) is 0 Å². The van der Waals surface area contributed by atoms with Crippen molar-refractivity contribution in [2.45, 2.75) is 11.4 Å². The van der Waals surface area contributed by atoms with Gasteiger partial charge in [0.25, 0.3) is 0 Å². The van der Waals surface area contributed by atoms with E-state index in [4.69, 9.17) is 9.47 Å². The van der Waals surface area contributed by atoms with Gasteiger partial charge in [-0.25, -0.2) is 0 Å². The van der Waals surface area contributed by atoms with Gasteiger partial charge in [0, 0.05) is 24.2 Å². The van der Waals surface area contributed by atoms with Crippen LogP contribution in [0.25, 0.3) is 0 Å². The van der Waals surface area contributed by atoms with E-state index in [-0.39, 0.29) is 0 Å². The minimum absolute atomic E-state index is 0.666. The highest BCUT2D eigenvalue weighted by molar-refractivity contribution is 5.35. The summed E-state index contributed by atoms with van der Waals surface area (Å²) in [5.74, 6) is 0. The molecule has 2 saturated heterocycles. The molecule has 0 aliphatic carbocycles. The Bertz CT molecular complexity index is 632. The van der Waals surface area contributed by atoms with E-state index in [9.17, 15) is 0 Å². The highest BCUT2D eigenvalue weighted by Crippen LogP contribution is 2.53. The van der Waals surface area contributed by atoms with E-state index in [1.807, 2.05) is 12.1 Å². The standard InChI is InChI=1S/C20H24N2O2/c1-21-13-15-23-19(21,17-9-5-3-6-10-17)20(22(2)14-16-24-20)18-11-7-4-8-12-18/h3-12H,13-16H2,1-2H3/t19-,20+. The van der Waals surface area contributed by atoms with Gasteiger partial charge in [-0.1, -0.05) is 60.7 Å². The SMILES string of the molecule is CN1CCO[C@@]1(c1ccccc1)[C@@]1(c2ccccc2)OCCN1C. The molecular weight excluding hydrogens is 300 g/mol. The molecule has 2 aromatic rings. The van der Waals surface area contributed by atoms with Crippen LogP contribution in [0.1, 0.15) is 11.1 Å². The fourth-order valence-electron chi connectivity index (χ4n) is 4.24. The number of hydrogen-bond acceptors (Lipinski definition) is 4. The number of ether oxygens (including phenoxy) is 2. The predicted molar refractivity (Wildman–Crippen MR) is 93.4 cm³/mol. The highest BCUT2D eigenvalue weighted by atomic mass is 16.6. The summed E-state index contributed by atoms with van der Waals surface area (Å²) in [5.41, 5.74) is 0.923. The molecule has 4 nitrogen and oxygen atoms in total. The molecule has 2 aliphatic heterocycles. The maximum atomic E-state index is 6.51. The molecule has 24 heavy (non-hydrogen) atoms. The van der Waals surface area contributed by atoms with Crippen LogP contribution in [0.3, 0.4) is 0 Å². The van der Waals surface area contributed by atoms with E-state index in [2.05, 4.69) is 72.4 Å². The molecule has 2 atom stereocenters.